The minimum atomic E-state index is -0.335. The van der Waals surface area contributed by atoms with Gasteiger partial charge in [0.15, 0.2) is 0 Å². The first-order valence-corrected chi connectivity index (χ1v) is 7.19. The fraction of sp³-hybridized carbons (Fsp3) is 0.375. The van der Waals surface area contributed by atoms with E-state index in [0.29, 0.717) is 5.92 Å². The van der Waals surface area contributed by atoms with E-state index in [0.717, 1.165) is 28.1 Å². The van der Waals surface area contributed by atoms with Crippen LogP contribution in [0.3, 0.4) is 0 Å². The SMILES string of the molecule is CC[C@H](C)[C@@H]1NC(=S)c2ccccc2/C1=C/C(=O)OC. The molecule has 1 aromatic rings. The van der Waals surface area contributed by atoms with Crippen LogP contribution in [0.25, 0.3) is 5.57 Å². The van der Waals surface area contributed by atoms with E-state index in [1.54, 1.807) is 6.08 Å². The first kappa shape index (κ1) is 14.7. The Morgan fingerprint density at radius 1 is 1.45 bits per heavy atom. The van der Waals surface area contributed by atoms with E-state index in [2.05, 4.69) is 19.2 Å². The third kappa shape index (κ3) is 2.75. The van der Waals surface area contributed by atoms with Gasteiger partial charge in [0.05, 0.1) is 13.2 Å². The molecule has 0 fully saturated rings. The third-order valence-electron chi connectivity index (χ3n) is 3.79. The second kappa shape index (κ2) is 6.18. The topological polar surface area (TPSA) is 38.3 Å². The predicted molar refractivity (Wildman–Crippen MR) is 84.5 cm³/mol. The molecule has 0 radical (unpaired) electrons. The number of carbonyl (C=O) groups is 1. The summed E-state index contributed by atoms with van der Waals surface area (Å²) in [5.41, 5.74) is 2.94. The summed E-state index contributed by atoms with van der Waals surface area (Å²) in [7, 11) is 1.39. The van der Waals surface area contributed by atoms with Gasteiger partial charge < -0.3 is 10.1 Å². The largest absolute Gasteiger partial charge is 0.466 e. The minimum absolute atomic E-state index is 0.0431. The normalized spacial score (nSPS) is 21.1. The van der Waals surface area contributed by atoms with Crippen LogP contribution in [0, 0.1) is 5.92 Å². The Balaban J connectivity index is 2.55. The molecular weight excluding hydrogens is 270 g/mol. The number of fused-ring (bicyclic) bond motifs is 1. The van der Waals surface area contributed by atoms with Crippen molar-refractivity contribution in [3.05, 3.63) is 41.5 Å². The zero-order valence-electron chi connectivity index (χ0n) is 12.0. The Hall–Kier alpha value is -1.68. The number of esters is 1. The Bertz CT molecular complexity index is 565. The van der Waals surface area contributed by atoms with Crippen molar-refractivity contribution in [1.29, 1.82) is 0 Å². The van der Waals surface area contributed by atoms with Crippen molar-refractivity contribution >= 4 is 28.7 Å². The number of benzene rings is 1. The summed E-state index contributed by atoms with van der Waals surface area (Å²) in [6, 6.07) is 7.94. The lowest BCUT2D eigenvalue weighted by atomic mass is 9.83. The van der Waals surface area contributed by atoms with Crippen molar-refractivity contribution in [2.45, 2.75) is 26.3 Å². The van der Waals surface area contributed by atoms with Crippen molar-refractivity contribution in [2.24, 2.45) is 5.92 Å². The highest BCUT2D eigenvalue weighted by Gasteiger charge is 2.30. The lowest BCUT2D eigenvalue weighted by molar-refractivity contribution is -0.134. The number of hydrogen-bond acceptors (Lipinski definition) is 3. The molecule has 2 atom stereocenters. The molecule has 0 unspecified atom stereocenters. The maximum Gasteiger partial charge on any atom is 0.330 e. The van der Waals surface area contributed by atoms with Crippen molar-refractivity contribution in [2.75, 3.05) is 7.11 Å². The van der Waals surface area contributed by atoms with Crippen LogP contribution >= 0.6 is 12.2 Å². The van der Waals surface area contributed by atoms with Crippen LogP contribution in [-0.2, 0) is 9.53 Å². The van der Waals surface area contributed by atoms with Crippen LogP contribution in [0.4, 0.5) is 0 Å². The van der Waals surface area contributed by atoms with Crippen molar-refractivity contribution in [1.82, 2.24) is 5.32 Å². The molecule has 2 rings (SSSR count). The van der Waals surface area contributed by atoms with Crippen molar-refractivity contribution < 1.29 is 9.53 Å². The van der Waals surface area contributed by atoms with E-state index in [4.69, 9.17) is 17.0 Å². The summed E-state index contributed by atoms with van der Waals surface area (Å²) in [4.78, 5) is 12.4. The zero-order valence-corrected chi connectivity index (χ0v) is 12.8. The molecule has 4 heteroatoms. The molecule has 20 heavy (non-hydrogen) atoms. The number of ether oxygens (including phenoxy) is 1. The number of thiocarbonyl (C=S) groups is 1. The summed E-state index contributed by atoms with van der Waals surface area (Å²) in [6.45, 7) is 4.28. The van der Waals surface area contributed by atoms with Gasteiger partial charge in [0.1, 0.15) is 4.99 Å². The summed E-state index contributed by atoms with van der Waals surface area (Å²) < 4.78 is 4.78. The first-order valence-electron chi connectivity index (χ1n) is 6.78. The number of hydrogen-bond donors (Lipinski definition) is 1. The quantitative estimate of drug-likeness (QED) is 0.527. The molecule has 1 aromatic carbocycles. The summed E-state index contributed by atoms with van der Waals surface area (Å²) in [6.07, 6.45) is 2.57. The number of nitrogens with one attached hydrogen (secondary N) is 1. The van der Waals surface area contributed by atoms with Crippen LogP contribution in [0.15, 0.2) is 30.3 Å². The summed E-state index contributed by atoms with van der Waals surface area (Å²) >= 11 is 5.45. The van der Waals surface area contributed by atoms with Crippen LogP contribution in [0.1, 0.15) is 31.4 Å². The van der Waals surface area contributed by atoms with E-state index in [1.807, 2.05) is 24.3 Å². The molecule has 0 amide bonds. The van der Waals surface area contributed by atoms with Gasteiger partial charge in [0.2, 0.25) is 0 Å². The van der Waals surface area contributed by atoms with E-state index in [1.165, 1.54) is 7.11 Å². The van der Waals surface area contributed by atoms with Gasteiger partial charge in [-0.05, 0) is 17.1 Å². The Labute approximate surface area is 125 Å². The maximum absolute atomic E-state index is 11.7. The smallest absolute Gasteiger partial charge is 0.330 e. The molecule has 0 saturated heterocycles. The Kier molecular flexibility index (Phi) is 4.55. The van der Waals surface area contributed by atoms with Gasteiger partial charge in [-0.15, -0.1) is 0 Å². The molecule has 0 bridgehead atoms. The highest BCUT2D eigenvalue weighted by Crippen LogP contribution is 2.32. The van der Waals surface area contributed by atoms with Gasteiger partial charge in [-0.25, -0.2) is 4.79 Å². The van der Waals surface area contributed by atoms with Gasteiger partial charge in [0, 0.05) is 11.6 Å². The van der Waals surface area contributed by atoms with Gasteiger partial charge in [-0.1, -0.05) is 56.8 Å². The molecule has 1 N–H and O–H groups in total. The minimum Gasteiger partial charge on any atom is -0.466 e. The van der Waals surface area contributed by atoms with Crippen molar-refractivity contribution in [3.8, 4) is 0 Å². The Morgan fingerprint density at radius 2 is 2.10 bits per heavy atom. The van der Waals surface area contributed by atoms with Gasteiger partial charge in [-0.2, -0.15) is 0 Å². The molecule has 3 nitrogen and oxygen atoms in total. The van der Waals surface area contributed by atoms with E-state index < -0.39 is 0 Å². The fourth-order valence-corrected chi connectivity index (χ4v) is 2.74. The highest BCUT2D eigenvalue weighted by atomic mass is 32.1. The molecule has 1 aliphatic rings. The van der Waals surface area contributed by atoms with Gasteiger partial charge >= 0.3 is 5.97 Å². The average molecular weight is 289 g/mol. The van der Waals surface area contributed by atoms with E-state index >= 15 is 0 Å². The second-order valence-electron chi connectivity index (χ2n) is 5.01. The molecule has 1 heterocycles. The molecule has 0 aromatic heterocycles. The second-order valence-corrected chi connectivity index (χ2v) is 5.41. The van der Waals surface area contributed by atoms with Crippen LogP contribution < -0.4 is 5.32 Å². The lowest BCUT2D eigenvalue weighted by Gasteiger charge is -2.34. The lowest BCUT2D eigenvalue weighted by Crippen LogP contribution is -2.44. The molecule has 106 valence electrons. The monoisotopic (exact) mass is 289 g/mol. The fourth-order valence-electron chi connectivity index (χ4n) is 2.44. The average Bonchev–Trinajstić information content (AvgIpc) is 2.48. The highest BCUT2D eigenvalue weighted by molar-refractivity contribution is 7.80. The third-order valence-corrected chi connectivity index (χ3v) is 4.13. The van der Waals surface area contributed by atoms with Gasteiger partial charge in [0.25, 0.3) is 0 Å². The van der Waals surface area contributed by atoms with Crippen LogP contribution in [0.5, 0.6) is 0 Å². The predicted octanol–water partition coefficient (Wildman–Crippen LogP) is 2.94. The molecule has 0 saturated carbocycles. The number of rotatable bonds is 3. The summed E-state index contributed by atoms with van der Waals surface area (Å²) in [5, 5.41) is 3.36. The van der Waals surface area contributed by atoms with E-state index in [-0.39, 0.29) is 12.0 Å². The van der Waals surface area contributed by atoms with Crippen LogP contribution in [-0.4, -0.2) is 24.1 Å². The number of carbonyl (C=O) groups excluding carboxylic acids is 1. The maximum atomic E-state index is 11.7. The molecule has 0 aliphatic carbocycles. The number of methoxy groups -OCH3 is 1. The van der Waals surface area contributed by atoms with E-state index in [9.17, 15) is 4.79 Å². The molecular formula is C16H19NO2S. The summed E-state index contributed by atoms with van der Waals surface area (Å²) in [5.74, 6) is 0.0370. The van der Waals surface area contributed by atoms with Gasteiger partial charge in [-0.3, -0.25) is 0 Å². The zero-order chi connectivity index (χ0) is 14.7. The standard InChI is InChI=1S/C16H19NO2S/c1-4-10(2)15-13(9-14(18)19-3)11-7-5-6-8-12(11)16(20)17-15/h5-10,15H,4H2,1-3H3,(H,17,20)/b13-9-/t10-,15-/m0/s1. The first-order chi connectivity index (χ1) is 9.58. The molecule has 0 spiro atoms. The Morgan fingerprint density at radius 3 is 2.70 bits per heavy atom. The van der Waals surface area contributed by atoms with Crippen LogP contribution in [0.2, 0.25) is 0 Å². The molecule has 1 aliphatic heterocycles. The van der Waals surface area contributed by atoms with Crippen molar-refractivity contribution in [3.63, 3.8) is 0 Å².